The van der Waals surface area contributed by atoms with Crippen molar-refractivity contribution >= 4 is 62.1 Å². The minimum atomic E-state index is -3.86. The number of carboxylic acid groups (broad SMARTS) is 1. The van der Waals surface area contributed by atoms with Gasteiger partial charge in [0.25, 0.3) is 10.0 Å². The summed E-state index contributed by atoms with van der Waals surface area (Å²) >= 11 is 8.04. The maximum Gasteiger partial charge on any atom is 0.338 e. The van der Waals surface area contributed by atoms with Crippen LogP contribution >= 0.6 is 23.4 Å². The quantitative estimate of drug-likeness (QED) is 0.0696. The second-order valence-corrected chi connectivity index (χ2v) is 20.8. The minimum absolute atomic E-state index is 0.158. The molecule has 2 aliphatic heterocycles. The first kappa shape index (κ1) is 47.1. The van der Waals surface area contributed by atoms with Gasteiger partial charge in [0, 0.05) is 109 Å². The van der Waals surface area contributed by atoms with Gasteiger partial charge in [0.05, 0.1) is 22.3 Å². The molecule has 0 unspecified atom stereocenters. The van der Waals surface area contributed by atoms with Crippen LogP contribution in [0.4, 0.5) is 22.7 Å². The van der Waals surface area contributed by atoms with Gasteiger partial charge in [-0.15, -0.1) is 11.8 Å². The molecule has 0 aliphatic carbocycles. The normalized spacial score (nSPS) is 15.5. The lowest BCUT2D eigenvalue weighted by Gasteiger charge is -2.37. The number of halogens is 1. The van der Waals surface area contributed by atoms with Crippen LogP contribution in [0.5, 0.6) is 0 Å². The van der Waals surface area contributed by atoms with Crippen LogP contribution in [0.1, 0.15) is 46.4 Å². The van der Waals surface area contributed by atoms with Gasteiger partial charge in [-0.05, 0) is 141 Å². The number of hydrogen-bond donors (Lipinski definition) is 4. The summed E-state index contributed by atoms with van der Waals surface area (Å²) in [5.74, 6) is -0.105. The number of aryl methyl sites for hydroxylation is 2. The number of piperazine rings is 1. The standard InChI is InChI=1S/C52H59ClN6O5S2/c1-35-30-39(50-49(52(61)62)37(3)56(4)51(50)38-10-12-40(53)13-11-38)33-44(31-35)59-28-26-58(27-29-59)43-16-14-41(15-17-43)55-66(63,64)47-18-19-48(36(2)32-47)54-42(34-65-46-8-6-5-7-9-46)20-23-57-24-21-45(60)22-25-57/h5-19,30-33,42,45,54-55,60H,20-29,34H2,1-4H3,(H,61,62)/t42-/m1/s1. The number of carbonyl (C=O) groups is 1. The highest BCUT2D eigenvalue weighted by atomic mass is 35.5. The lowest BCUT2D eigenvalue weighted by atomic mass is 9.95. The zero-order valence-electron chi connectivity index (χ0n) is 38.0. The van der Waals surface area contributed by atoms with E-state index in [0.29, 0.717) is 22.0 Å². The van der Waals surface area contributed by atoms with E-state index in [0.717, 1.165) is 116 Å². The average molecular weight is 948 g/mol. The molecule has 0 bridgehead atoms. The molecule has 1 atom stereocenters. The monoisotopic (exact) mass is 946 g/mol. The van der Waals surface area contributed by atoms with Crippen molar-refractivity contribution in [2.45, 2.75) is 62.0 Å². The van der Waals surface area contributed by atoms with Gasteiger partial charge in [-0.25, -0.2) is 13.2 Å². The Kier molecular flexibility index (Phi) is 14.7. The number of carboxylic acids is 1. The Hall–Kier alpha value is -5.44. The van der Waals surface area contributed by atoms with Crippen LogP contribution in [0, 0.1) is 20.8 Å². The van der Waals surface area contributed by atoms with Gasteiger partial charge in [-0.1, -0.05) is 48.0 Å². The molecule has 2 fully saturated rings. The number of likely N-dealkylation sites (tertiary alicyclic amines) is 1. The number of rotatable bonds is 16. The summed E-state index contributed by atoms with van der Waals surface area (Å²) in [4.78, 5) is 21.2. The van der Waals surface area contributed by atoms with E-state index in [1.807, 2.05) is 105 Å². The van der Waals surface area contributed by atoms with Crippen LogP contribution in [0.15, 0.2) is 125 Å². The smallest absolute Gasteiger partial charge is 0.338 e. The van der Waals surface area contributed by atoms with Gasteiger partial charge in [-0.2, -0.15) is 0 Å². The largest absolute Gasteiger partial charge is 0.478 e. The lowest BCUT2D eigenvalue weighted by Crippen LogP contribution is -2.46. The molecule has 8 rings (SSSR count). The summed E-state index contributed by atoms with van der Waals surface area (Å²) in [6.45, 7) is 11.6. The van der Waals surface area contributed by atoms with Crippen LogP contribution in [0.2, 0.25) is 5.02 Å². The minimum Gasteiger partial charge on any atom is -0.478 e. The summed E-state index contributed by atoms with van der Waals surface area (Å²) in [6, 6.07) is 37.1. The van der Waals surface area contributed by atoms with Crippen molar-refractivity contribution in [3.05, 3.63) is 143 Å². The molecular weight excluding hydrogens is 888 g/mol. The molecule has 346 valence electrons. The molecule has 5 aromatic carbocycles. The van der Waals surface area contributed by atoms with E-state index in [4.69, 9.17) is 11.6 Å². The summed E-state index contributed by atoms with van der Waals surface area (Å²) in [5.41, 5.74) is 9.55. The van der Waals surface area contributed by atoms with E-state index in [9.17, 15) is 23.4 Å². The van der Waals surface area contributed by atoms with E-state index in [1.165, 1.54) is 4.90 Å². The number of thioether (sulfide) groups is 1. The van der Waals surface area contributed by atoms with Crippen LogP contribution in [-0.2, 0) is 17.1 Å². The van der Waals surface area contributed by atoms with Crippen molar-refractivity contribution in [3.63, 3.8) is 0 Å². The van der Waals surface area contributed by atoms with Crippen LogP contribution in [0.25, 0.3) is 22.4 Å². The van der Waals surface area contributed by atoms with Gasteiger partial charge >= 0.3 is 5.97 Å². The second kappa shape index (κ2) is 20.6. The molecule has 2 saturated heterocycles. The van der Waals surface area contributed by atoms with Crippen molar-refractivity contribution in [1.82, 2.24) is 9.47 Å². The summed E-state index contributed by atoms with van der Waals surface area (Å²) < 4.78 is 32.2. The fraction of sp³-hybridized carbons (Fsp3) is 0.327. The Balaban J connectivity index is 0.904. The molecule has 0 spiro atoms. The first-order valence-corrected chi connectivity index (χ1v) is 25.5. The second-order valence-electron chi connectivity index (χ2n) is 17.5. The van der Waals surface area contributed by atoms with Crippen molar-refractivity contribution in [2.75, 3.05) is 71.4 Å². The fourth-order valence-corrected chi connectivity index (χ4v) is 11.4. The number of sulfonamides is 1. The van der Waals surface area contributed by atoms with Crippen LogP contribution < -0.4 is 19.8 Å². The predicted molar refractivity (Wildman–Crippen MR) is 271 cm³/mol. The van der Waals surface area contributed by atoms with E-state index in [2.05, 4.69) is 67.2 Å². The molecule has 11 nitrogen and oxygen atoms in total. The third-order valence-electron chi connectivity index (χ3n) is 12.9. The summed E-state index contributed by atoms with van der Waals surface area (Å²) in [5, 5.41) is 24.8. The van der Waals surface area contributed by atoms with Gasteiger partial charge in [-0.3, -0.25) is 4.72 Å². The molecule has 0 amide bonds. The Bertz CT molecular complexity index is 2750. The highest BCUT2D eigenvalue weighted by Gasteiger charge is 2.27. The lowest BCUT2D eigenvalue weighted by molar-refractivity contribution is 0.0696. The number of piperidine rings is 1. The molecular formula is C52H59ClN6O5S2. The maximum absolute atomic E-state index is 13.7. The van der Waals surface area contributed by atoms with Gasteiger partial charge in [0.15, 0.2) is 0 Å². The van der Waals surface area contributed by atoms with E-state index in [1.54, 1.807) is 12.1 Å². The molecule has 0 radical (unpaired) electrons. The number of aromatic carboxylic acids is 1. The Morgan fingerprint density at radius 2 is 1.47 bits per heavy atom. The SMILES string of the molecule is Cc1cc(-c2c(C(=O)O)c(C)n(C)c2-c2ccc(Cl)cc2)cc(N2CCN(c3ccc(NS(=O)(=O)c4ccc(N[C@H](CCN5CCC(O)CC5)CSc5ccccc5)c(C)c4)cc3)CC2)c1. The first-order valence-electron chi connectivity index (χ1n) is 22.6. The third-order valence-corrected chi connectivity index (χ3v) is 15.7. The zero-order valence-corrected chi connectivity index (χ0v) is 40.4. The highest BCUT2D eigenvalue weighted by Crippen LogP contribution is 2.41. The molecule has 3 heterocycles. The van der Waals surface area contributed by atoms with Crippen molar-refractivity contribution in [3.8, 4) is 22.4 Å². The van der Waals surface area contributed by atoms with Crippen molar-refractivity contribution in [2.24, 2.45) is 7.05 Å². The number of nitrogens with one attached hydrogen (secondary N) is 2. The molecule has 4 N–H and O–H groups in total. The number of anilines is 4. The molecule has 2 aliphatic rings. The molecule has 0 saturated carbocycles. The van der Waals surface area contributed by atoms with Crippen molar-refractivity contribution in [1.29, 1.82) is 0 Å². The van der Waals surface area contributed by atoms with E-state index in [-0.39, 0.29) is 22.6 Å². The first-order chi connectivity index (χ1) is 31.7. The Labute approximate surface area is 398 Å². The Morgan fingerprint density at radius 1 is 0.803 bits per heavy atom. The average Bonchev–Trinajstić information content (AvgIpc) is 3.58. The van der Waals surface area contributed by atoms with Gasteiger partial charge < -0.3 is 34.8 Å². The van der Waals surface area contributed by atoms with E-state index < -0.39 is 16.0 Å². The number of hydrogen-bond acceptors (Lipinski definition) is 9. The number of aliphatic hydroxyl groups is 1. The number of benzene rings is 5. The van der Waals surface area contributed by atoms with Gasteiger partial charge in [0.1, 0.15) is 0 Å². The molecule has 1 aromatic heterocycles. The zero-order chi connectivity index (χ0) is 46.5. The molecule has 66 heavy (non-hydrogen) atoms. The van der Waals surface area contributed by atoms with Gasteiger partial charge in [0.2, 0.25) is 0 Å². The topological polar surface area (TPSA) is 130 Å². The van der Waals surface area contributed by atoms with Crippen LogP contribution in [-0.4, -0.2) is 97.8 Å². The van der Waals surface area contributed by atoms with Crippen molar-refractivity contribution < 1.29 is 23.4 Å². The number of aliphatic hydroxyl groups excluding tert-OH is 1. The predicted octanol–water partition coefficient (Wildman–Crippen LogP) is 10.2. The van der Waals surface area contributed by atoms with Crippen LogP contribution in [0.3, 0.4) is 0 Å². The molecule has 14 heteroatoms. The molecule has 6 aromatic rings. The number of aromatic nitrogens is 1. The number of nitrogens with zero attached hydrogens (tertiary/aromatic N) is 4. The fourth-order valence-electron chi connectivity index (χ4n) is 9.14. The third kappa shape index (κ3) is 11.0. The Morgan fingerprint density at radius 3 is 2.12 bits per heavy atom. The highest BCUT2D eigenvalue weighted by molar-refractivity contribution is 7.99. The summed E-state index contributed by atoms with van der Waals surface area (Å²) in [6.07, 6.45) is 2.34. The maximum atomic E-state index is 13.7. The van der Waals surface area contributed by atoms with E-state index >= 15 is 0 Å². The summed E-state index contributed by atoms with van der Waals surface area (Å²) in [7, 11) is -1.95.